The molecule has 3 fully saturated rings. The third-order valence-corrected chi connectivity index (χ3v) is 9.44. The van der Waals surface area contributed by atoms with Crippen molar-refractivity contribution in [1.82, 2.24) is 9.97 Å². The molecule has 2 saturated heterocycles. The summed E-state index contributed by atoms with van der Waals surface area (Å²) in [5.74, 6) is 0.0413. The van der Waals surface area contributed by atoms with Gasteiger partial charge in [0, 0.05) is 37.9 Å². The van der Waals surface area contributed by atoms with Gasteiger partial charge in [-0.3, -0.25) is 9.52 Å². The number of aliphatic hydroxyl groups excluding tert-OH is 1. The molecule has 2 aromatic rings. The van der Waals surface area contributed by atoms with Crippen molar-refractivity contribution in [2.24, 2.45) is 5.41 Å². The monoisotopic (exact) mass is 560 g/mol. The number of hydrogen-bond acceptors (Lipinski definition) is 8. The van der Waals surface area contributed by atoms with Crippen molar-refractivity contribution in [1.29, 1.82) is 0 Å². The number of aryl methyl sites for hydroxylation is 1. The van der Waals surface area contributed by atoms with E-state index in [2.05, 4.69) is 24.9 Å². The highest BCUT2D eigenvalue weighted by Crippen LogP contribution is 2.54. The lowest BCUT2D eigenvalue weighted by molar-refractivity contribution is 0.102. The zero-order valence-electron chi connectivity index (χ0n) is 22.5. The summed E-state index contributed by atoms with van der Waals surface area (Å²) in [4.78, 5) is 26.7. The molecule has 0 bridgehead atoms. The number of benzene rings is 1. The Hall–Kier alpha value is -2.99. The topological polar surface area (TPSA) is 128 Å². The van der Waals surface area contributed by atoms with Gasteiger partial charge < -0.3 is 20.2 Å². The minimum absolute atomic E-state index is 0.340. The molecule has 12 heteroatoms. The summed E-state index contributed by atoms with van der Waals surface area (Å²) in [6.07, 6.45) is 5.34. The lowest BCUT2D eigenvalue weighted by atomic mass is 9.93. The number of aliphatic hydroxyl groups is 1. The van der Waals surface area contributed by atoms with Crippen LogP contribution in [-0.2, 0) is 10.0 Å². The van der Waals surface area contributed by atoms with E-state index in [9.17, 15) is 17.6 Å². The van der Waals surface area contributed by atoms with Gasteiger partial charge in [-0.25, -0.2) is 17.8 Å². The number of amides is 1. The molecule has 1 aliphatic carbocycles. The molecule has 3 heterocycles. The normalized spacial score (nSPS) is 20.1. The number of carbonyl (C=O) groups excluding carboxylic acids is 1. The number of rotatable bonds is 8. The minimum Gasteiger partial charge on any atom is -0.395 e. The number of piperidine rings is 2. The molecule has 1 aromatic carbocycles. The van der Waals surface area contributed by atoms with E-state index in [0.29, 0.717) is 65.7 Å². The first-order valence-electron chi connectivity index (χ1n) is 13.6. The van der Waals surface area contributed by atoms with Gasteiger partial charge in [0.2, 0.25) is 16.0 Å². The lowest BCUT2D eigenvalue weighted by Crippen LogP contribution is -2.41. The van der Waals surface area contributed by atoms with Crippen LogP contribution < -0.4 is 19.8 Å². The van der Waals surface area contributed by atoms with Gasteiger partial charge in [0.05, 0.1) is 29.3 Å². The number of hydrogen-bond donors (Lipinski definition) is 3. The average Bonchev–Trinajstić information content (AvgIpc) is 3.62. The summed E-state index contributed by atoms with van der Waals surface area (Å²) >= 11 is 0. The van der Waals surface area contributed by atoms with Crippen LogP contribution in [0, 0.1) is 12.3 Å². The van der Waals surface area contributed by atoms with Crippen molar-refractivity contribution in [3.63, 3.8) is 0 Å². The molecule has 1 amide bonds. The van der Waals surface area contributed by atoms with Crippen LogP contribution >= 0.6 is 0 Å². The Morgan fingerprint density at radius 3 is 2.33 bits per heavy atom. The number of anilines is 4. The van der Waals surface area contributed by atoms with Gasteiger partial charge in [0.1, 0.15) is 11.5 Å². The van der Waals surface area contributed by atoms with Crippen molar-refractivity contribution in [2.45, 2.75) is 58.0 Å². The van der Waals surface area contributed by atoms with Crippen LogP contribution in [0.25, 0.3) is 0 Å². The number of nitrogens with one attached hydrogen (secondary N) is 2. The highest BCUT2D eigenvalue weighted by Gasteiger charge is 2.44. The van der Waals surface area contributed by atoms with Crippen LogP contribution in [-0.4, -0.2) is 73.6 Å². The third-order valence-electron chi connectivity index (χ3n) is 8.17. The maximum absolute atomic E-state index is 14.3. The summed E-state index contributed by atoms with van der Waals surface area (Å²) < 4.78 is 41.3. The predicted octanol–water partition coefficient (Wildman–Crippen LogP) is 3.48. The Kier molecular flexibility index (Phi) is 7.45. The van der Waals surface area contributed by atoms with Gasteiger partial charge >= 0.3 is 0 Å². The summed E-state index contributed by atoms with van der Waals surface area (Å²) in [5.41, 5.74) is 1.32. The van der Waals surface area contributed by atoms with Gasteiger partial charge in [-0.1, -0.05) is 0 Å². The third kappa shape index (κ3) is 6.60. The molecule has 0 atom stereocenters. The number of sulfonamides is 1. The maximum Gasteiger partial charge on any atom is 0.258 e. The zero-order chi connectivity index (χ0) is 27.8. The summed E-state index contributed by atoms with van der Waals surface area (Å²) in [7, 11) is -3.71. The fourth-order valence-electron chi connectivity index (χ4n) is 5.41. The average molecular weight is 561 g/mol. The molecule has 5 rings (SSSR count). The Labute approximate surface area is 229 Å². The standard InChI is InChI=1S/C27H37FN6O4S/c1-19-17-23(31-25(29-19)34-11-7-26(2,28)8-12-34)30-24(36)21-4-3-20(32-39(37,38)16-15-35)18-22(21)33-13-9-27(5-6-27)10-14-33/h3-4,17-18,32,35H,5-16H2,1-2H3,(H,29,30,31,36). The lowest BCUT2D eigenvalue weighted by Gasteiger charge is -2.35. The van der Waals surface area contributed by atoms with Gasteiger partial charge in [0.25, 0.3) is 5.91 Å². The van der Waals surface area contributed by atoms with E-state index in [1.807, 2.05) is 11.8 Å². The van der Waals surface area contributed by atoms with E-state index in [0.717, 1.165) is 25.9 Å². The molecule has 0 radical (unpaired) electrons. The number of halogens is 1. The minimum atomic E-state index is -3.71. The van der Waals surface area contributed by atoms with Crippen LogP contribution in [0.15, 0.2) is 24.3 Å². The van der Waals surface area contributed by atoms with Crippen LogP contribution in [0.4, 0.5) is 27.5 Å². The van der Waals surface area contributed by atoms with Crippen molar-refractivity contribution in [3.8, 4) is 0 Å². The molecule has 212 valence electrons. The highest BCUT2D eigenvalue weighted by atomic mass is 32.2. The van der Waals surface area contributed by atoms with Gasteiger partial charge in [-0.2, -0.15) is 4.98 Å². The van der Waals surface area contributed by atoms with Crippen LogP contribution in [0.3, 0.4) is 0 Å². The van der Waals surface area contributed by atoms with Gasteiger partial charge in [0.15, 0.2) is 0 Å². The molecule has 1 saturated carbocycles. The van der Waals surface area contributed by atoms with E-state index in [-0.39, 0.29) is 5.91 Å². The smallest absolute Gasteiger partial charge is 0.258 e. The van der Waals surface area contributed by atoms with Crippen molar-refractivity contribution in [3.05, 3.63) is 35.5 Å². The molecular weight excluding hydrogens is 523 g/mol. The Morgan fingerprint density at radius 1 is 1.03 bits per heavy atom. The number of carbonyl (C=O) groups is 1. The molecule has 1 spiro atoms. The first kappa shape index (κ1) is 27.6. The van der Waals surface area contributed by atoms with E-state index in [1.165, 1.54) is 12.8 Å². The van der Waals surface area contributed by atoms with Crippen LogP contribution in [0.2, 0.25) is 0 Å². The second kappa shape index (κ2) is 10.5. The Balaban J connectivity index is 1.39. The summed E-state index contributed by atoms with van der Waals surface area (Å²) in [6.45, 7) is 5.52. The highest BCUT2D eigenvalue weighted by molar-refractivity contribution is 7.92. The molecule has 39 heavy (non-hydrogen) atoms. The van der Waals surface area contributed by atoms with Crippen molar-refractivity contribution in [2.75, 3.05) is 58.4 Å². The maximum atomic E-state index is 14.3. The van der Waals surface area contributed by atoms with Crippen molar-refractivity contribution >= 4 is 39.1 Å². The first-order chi connectivity index (χ1) is 18.5. The summed E-state index contributed by atoms with van der Waals surface area (Å²) in [6, 6.07) is 6.55. The Bertz CT molecular complexity index is 1330. The van der Waals surface area contributed by atoms with E-state index < -0.39 is 28.1 Å². The zero-order valence-corrected chi connectivity index (χ0v) is 23.4. The number of aromatic nitrogens is 2. The molecule has 2 aliphatic heterocycles. The fourth-order valence-corrected chi connectivity index (χ4v) is 6.24. The van der Waals surface area contributed by atoms with E-state index in [4.69, 9.17) is 5.11 Å². The van der Waals surface area contributed by atoms with Crippen molar-refractivity contribution < 1.29 is 22.7 Å². The number of nitrogens with zero attached hydrogens (tertiary/aromatic N) is 4. The quantitative estimate of drug-likeness (QED) is 0.448. The largest absolute Gasteiger partial charge is 0.395 e. The molecule has 0 unspecified atom stereocenters. The van der Waals surface area contributed by atoms with Gasteiger partial charge in [-0.05, 0) is 76.0 Å². The van der Waals surface area contributed by atoms with Crippen LogP contribution in [0.1, 0.15) is 61.5 Å². The van der Waals surface area contributed by atoms with E-state index in [1.54, 1.807) is 31.2 Å². The molecular formula is C27H37FN6O4S. The predicted molar refractivity (Wildman–Crippen MR) is 150 cm³/mol. The summed E-state index contributed by atoms with van der Waals surface area (Å²) in [5, 5.41) is 12.0. The molecule has 3 aliphatic rings. The Morgan fingerprint density at radius 2 is 1.69 bits per heavy atom. The van der Waals surface area contributed by atoms with Crippen LogP contribution in [0.5, 0.6) is 0 Å². The molecule has 1 aromatic heterocycles. The second-order valence-corrected chi connectivity index (χ2v) is 13.3. The molecule has 3 N–H and O–H groups in total. The SMILES string of the molecule is Cc1cc(NC(=O)c2ccc(NS(=O)(=O)CCO)cc2N2CCC3(CC2)CC3)nc(N2CCC(C)(F)CC2)n1. The van der Waals surface area contributed by atoms with E-state index >= 15 is 0 Å². The number of alkyl halides is 1. The second-order valence-electron chi connectivity index (χ2n) is 11.4. The van der Waals surface area contributed by atoms with Gasteiger partial charge in [-0.15, -0.1) is 0 Å². The fraction of sp³-hybridized carbons (Fsp3) is 0.593. The first-order valence-corrected chi connectivity index (χ1v) is 15.2. The molecule has 10 nitrogen and oxygen atoms in total.